The molecule has 1 aliphatic heterocycles. The third kappa shape index (κ3) is 3.94. The summed E-state index contributed by atoms with van der Waals surface area (Å²) in [5.41, 5.74) is 3.09. The van der Waals surface area contributed by atoms with Crippen molar-refractivity contribution in [3.8, 4) is 5.75 Å². The van der Waals surface area contributed by atoms with Crippen LogP contribution in [-0.4, -0.2) is 29.5 Å². The van der Waals surface area contributed by atoms with E-state index in [1.165, 1.54) is 0 Å². The van der Waals surface area contributed by atoms with Crippen molar-refractivity contribution in [3.05, 3.63) is 63.9 Å². The van der Waals surface area contributed by atoms with Crippen molar-refractivity contribution in [1.82, 2.24) is 4.98 Å². The zero-order valence-corrected chi connectivity index (χ0v) is 18.4. The van der Waals surface area contributed by atoms with Gasteiger partial charge in [-0.05, 0) is 65.5 Å². The van der Waals surface area contributed by atoms with Crippen LogP contribution in [0.2, 0.25) is 0 Å². The molecule has 7 heteroatoms. The summed E-state index contributed by atoms with van der Waals surface area (Å²) in [6, 6.07) is 11.1. The Labute approximate surface area is 183 Å². The number of amides is 1. The molecule has 30 heavy (non-hydrogen) atoms. The number of halogens is 1. The van der Waals surface area contributed by atoms with Crippen molar-refractivity contribution in [2.24, 2.45) is 10.9 Å². The minimum absolute atomic E-state index is 0.0767. The third-order valence-electron chi connectivity index (χ3n) is 5.57. The monoisotopic (exact) mass is 467 g/mol. The number of carbonyl (C=O) groups excluding carboxylic acids is 2. The third-order valence-corrected chi connectivity index (χ3v) is 6.04. The van der Waals surface area contributed by atoms with Crippen LogP contribution in [0.25, 0.3) is 0 Å². The highest BCUT2D eigenvalue weighted by Gasteiger charge is 2.42. The summed E-state index contributed by atoms with van der Waals surface area (Å²) in [4.78, 5) is 35.2. The lowest BCUT2D eigenvalue weighted by Gasteiger charge is -2.35. The van der Waals surface area contributed by atoms with Gasteiger partial charge in [0.25, 0.3) is 0 Å². The molecule has 2 heterocycles. The Kier molecular flexibility index (Phi) is 5.81. The molecule has 2 aromatic rings. The number of nitrogens with one attached hydrogen (secondary N) is 1. The molecule has 6 nitrogen and oxygen atoms in total. The molecule has 154 valence electrons. The highest BCUT2D eigenvalue weighted by atomic mass is 79.9. The first-order chi connectivity index (χ1) is 14.5. The van der Waals surface area contributed by atoms with Gasteiger partial charge in [-0.2, -0.15) is 0 Å². The summed E-state index contributed by atoms with van der Waals surface area (Å²) >= 11 is 3.35. The van der Waals surface area contributed by atoms with Crippen molar-refractivity contribution in [1.29, 1.82) is 0 Å². The van der Waals surface area contributed by atoms with Gasteiger partial charge in [-0.25, -0.2) is 4.98 Å². The normalized spacial score (nSPS) is 21.0. The highest BCUT2D eigenvalue weighted by molar-refractivity contribution is 9.10. The standard InChI is InChI=1S/C23H22BrN3O3/c1-13-20(23(29)27-19-11-8-15(24)12-25-19)21(14-6-9-16(30-2)10-7-14)22-17(26-13)4-3-5-18(22)28/h6-12,20-21H,3-5H2,1-2H3,(H,25,27,29)/t20?,21-/m0/s1. The molecule has 1 unspecified atom stereocenters. The first kappa shape index (κ1) is 20.5. The summed E-state index contributed by atoms with van der Waals surface area (Å²) in [6.45, 7) is 1.86. The maximum absolute atomic E-state index is 13.3. The predicted octanol–water partition coefficient (Wildman–Crippen LogP) is 4.67. The minimum atomic E-state index is -0.593. The second-order valence-corrected chi connectivity index (χ2v) is 8.39. The van der Waals surface area contributed by atoms with E-state index in [0.717, 1.165) is 34.3 Å². The van der Waals surface area contributed by atoms with Crippen LogP contribution in [0.15, 0.2) is 63.3 Å². The lowest BCUT2D eigenvalue weighted by atomic mass is 9.71. The van der Waals surface area contributed by atoms with E-state index in [1.54, 1.807) is 19.4 Å². The zero-order chi connectivity index (χ0) is 21.3. The van der Waals surface area contributed by atoms with Gasteiger partial charge in [-0.3, -0.25) is 14.6 Å². The molecule has 1 aromatic carbocycles. The molecule has 2 aliphatic rings. The molecule has 0 saturated heterocycles. The van der Waals surface area contributed by atoms with Crippen molar-refractivity contribution < 1.29 is 14.3 Å². The summed E-state index contributed by atoms with van der Waals surface area (Å²) in [6.07, 6.45) is 3.67. The topological polar surface area (TPSA) is 80.6 Å². The van der Waals surface area contributed by atoms with Gasteiger partial charge in [0.2, 0.25) is 5.91 Å². The van der Waals surface area contributed by atoms with Gasteiger partial charge < -0.3 is 10.1 Å². The van der Waals surface area contributed by atoms with Crippen LogP contribution in [0.3, 0.4) is 0 Å². The van der Waals surface area contributed by atoms with E-state index in [-0.39, 0.29) is 17.6 Å². The number of benzene rings is 1. The fourth-order valence-electron chi connectivity index (χ4n) is 4.17. The van der Waals surface area contributed by atoms with Crippen molar-refractivity contribution in [3.63, 3.8) is 0 Å². The Bertz CT molecular complexity index is 1040. The number of hydrogen-bond donors (Lipinski definition) is 1. The average molecular weight is 468 g/mol. The smallest absolute Gasteiger partial charge is 0.235 e. The zero-order valence-electron chi connectivity index (χ0n) is 16.8. The number of aromatic nitrogens is 1. The lowest BCUT2D eigenvalue weighted by molar-refractivity contribution is -0.119. The Balaban J connectivity index is 1.75. The Morgan fingerprint density at radius 3 is 2.60 bits per heavy atom. The van der Waals surface area contributed by atoms with Gasteiger partial charge in [-0.1, -0.05) is 12.1 Å². The number of methoxy groups -OCH3 is 1. The predicted molar refractivity (Wildman–Crippen MR) is 119 cm³/mol. The van der Waals surface area contributed by atoms with Crippen LogP contribution in [-0.2, 0) is 9.59 Å². The fourth-order valence-corrected chi connectivity index (χ4v) is 4.41. The van der Waals surface area contributed by atoms with Crippen LogP contribution < -0.4 is 10.1 Å². The van der Waals surface area contributed by atoms with E-state index >= 15 is 0 Å². The Morgan fingerprint density at radius 2 is 1.93 bits per heavy atom. The van der Waals surface area contributed by atoms with E-state index in [2.05, 4.69) is 31.2 Å². The maximum atomic E-state index is 13.3. The molecule has 1 N–H and O–H groups in total. The molecule has 1 aromatic heterocycles. The van der Waals surface area contributed by atoms with E-state index in [9.17, 15) is 9.59 Å². The van der Waals surface area contributed by atoms with Gasteiger partial charge in [0.1, 0.15) is 11.6 Å². The molecular formula is C23H22BrN3O3. The summed E-state index contributed by atoms with van der Waals surface area (Å²) in [5.74, 6) is 0.0596. The number of allylic oxidation sites excluding steroid dienone is 2. The molecule has 0 radical (unpaired) electrons. The minimum Gasteiger partial charge on any atom is -0.497 e. The number of pyridine rings is 1. The Hall–Kier alpha value is -2.80. The number of anilines is 1. The first-order valence-corrected chi connectivity index (χ1v) is 10.6. The number of Topliss-reactive ketones (excluding diaryl/α,β-unsaturated/α-hetero) is 1. The molecule has 1 amide bonds. The molecule has 2 atom stereocenters. The first-order valence-electron chi connectivity index (χ1n) is 9.85. The quantitative estimate of drug-likeness (QED) is 0.707. The van der Waals surface area contributed by atoms with Crippen molar-refractivity contribution >= 4 is 39.1 Å². The van der Waals surface area contributed by atoms with E-state index in [4.69, 9.17) is 4.74 Å². The molecule has 0 spiro atoms. The highest BCUT2D eigenvalue weighted by Crippen LogP contribution is 2.43. The molecule has 1 aliphatic carbocycles. The number of hydrogen-bond acceptors (Lipinski definition) is 5. The molecule has 0 saturated carbocycles. The van der Waals surface area contributed by atoms with Gasteiger partial charge in [0, 0.05) is 40.0 Å². The van der Waals surface area contributed by atoms with Gasteiger partial charge in [0.15, 0.2) is 5.78 Å². The van der Waals surface area contributed by atoms with E-state index < -0.39 is 5.92 Å². The number of nitrogens with zero attached hydrogens (tertiary/aromatic N) is 2. The van der Waals surface area contributed by atoms with Crippen LogP contribution in [0.5, 0.6) is 5.75 Å². The van der Waals surface area contributed by atoms with Gasteiger partial charge in [0.05, 0.1) is 13.0 Å². The van der Waals surface area contributed by atoms with Gasteiger partial charge in [-0.15, -0.1) is 0 Å². The molecule has 0 fully saturated rings. The number of ether oxygens (including phenoxy) is 1. The van der Waals surface area contributed by atoms with Crippen molar-refractivity contribution in [2.75, 3.05) is 12.4 Å². The lowest BCUT2D eigenvalue weighted by Crippen LogP contribution is -2.39. The van der Waals surface area contributed by atoms with Crippen LogP contribution in [0, 0.1) is 5.92 Å². The summed E-state index contributed by atoms with van der Waals surface area (Å²) in [5, 5.41) is 2.89. The van der Waals surface area contributed by atoms with Crippen LogP contribution in [0.1, 0.15) is 37.7 Å². The average Bonchev–Trinajstić information content (AvgIpc) is 2.74. The number of rotatable bonds is 4. The molecular weight excluding hydrogens is 446 g/mol. The second-order valence-electron chi connectivity index (χ2n) is 7.47. The summed E-state index contributed by atoms with van der Waals surface area (Å²) in [7, 11) is 1.61. The van der Waals surface area contributed by atoms with Crippen LogP contribution >= 0.6 is 15.9 Å². The SMILES string of the molecule is COc1ccc([C@@H]2C3=C(CCCC3=O)N=C(C)C2C(=O)Nc2ccc(Br)cn2)cc1. The molecule has 0 bridgehead atoms. The second kappa shape index (κ2) is 8.52. The number of carbonyl (C=O) groups is 2. The summed E-state index contributed by atoms with van der Waals surface area (Å²) < 4.78 is 6.10. The van der Waals surface area contributed by atoms with Crippen LogP contribution in [0.4, 0.5) is 5.82 Å². The fraction of sp³-hybridized carbons (Fsp3) is 0.304. The number of aliphatic imine (C=N–C) groups is 1. The van der Waals surface area contributed by atoms with E-state index in [1.807, 2.05) is 37.3 Å². The van der Waals surface area contributed by atoms with E-state index in [0.29, 0.717) is 23.5 Å². The largest absolute Gasteiger partial charge is 0.497 e. The van der Waals surface area contributed by atoms with Crippen molar-refractivity contribution in [2.45, 2.75) is 32.1 Å². The van der Waals surface area contributed by atoms with Gasteiger partial charge >= 0.3 is 0 Å². The number of ketones is 1. The maximum Gasteiger partial charge on any atom is 0.235 e. The Morgan fingerprint density at radius 1 is 1.17 bits per heavy atom. The molecule has 4 rings (SSSR count).